The van der Waals surface area contributed by atoms with Crippen molar-refractivity contribution < 1.29 is 23.8 Å². The fourth-order valence-electron chi connectivity index (χ4n) is 1.99. The summed E-state index contributed by atoms with van der Waals surface area (Å²) in [5.74, 6) is 0.704. The molecule has 0 radical (unpaired) electrons. The van der Waals surface area contributed by atoms with Crippen molar-refractivity contribution in [3.8, 4) is 17.2 Å². The smallest absolute Gasteiger partial charge is 0.365 e. The zero-order valence-electron chi connectivity index (χ0n) is 13.7. The number of hydrogen-bond acceptors (Lipinski definition) is 6. The quantitative estimate of drug-likeness (QED) is 0.424. The van der Waals surface area contributed by atoms with E-state index in [9.17, 15) is 4.79 Å². The highest BCUT2D eigenvalue weighted by Gasteiger charge is 2.13. The maximum atomic E-state index is 11.9. The molecule has 0 N–H and O–H groups in total. The molecule has 132 valence electrons. The van der Waals surface area contributed by atoms with Crippen LogP contribution in [0, 0.1) is 0 Å². The zero-order chi connectivity index (χ0) is 18.4. The first kappa shape index (κ1) is 18.9. The molecule has 0 atom stereocenters. The average Bonchev–Trinajstić information content (AvgIpc) is 2.62. The second-order valence-corrected chi connectivity index (χ2v) is 5.52. The lowest BCUT2D eigenvalue weighted by molar-refractivity contribution is 0.0519. The molecule has 2 rings (SSSR count). The summed E-state index contributed by atoms with van der Waals surface area (Å²) >= 11 is 11.7. The molecule has 0 amide bonds. The van der Waals surface area contributed by atoms with Crippen LogP contribution < -0.4 is 14.2 Å². The van der Waals surface area contributed by atoms with Gasteiger partial charge in [0.25, 0.3) is 0 Å². The molecule has 0 heterocycles. The van der Waals surface area contributed by atoms with E-state index in [1.54, 1.807) is 12.1 Å². The van der Waals surface area contributed by atoms with Crippen LogP contribution in [0.4, 0.5) is 0 Å². The molecule has 0 saturated carbocycles. The number of nitrogens with zero attached hydrogens (tertiary/aromatic N) is 1. The Morgan fingerprint density at radius 2 is 1.60 bits per heavy atom. The molecular weight excluding hydrogens is 369 g/mol. The second kappa shape index (κ2) is 8.60. The Balaban J connectivity index is 2.16. The minimum atomic E-state index is -0.665. The average molecular weight is 384 g/mol. The van der Waals surface area contributed by atoms with Gasteiger partial charge in [-0.1, -0.05) is 28.4 Å². The summed E-state index contributed by atoms with van der Waals surface area (Å²) in [5.41, 5.74) is 0.827. The molecule has 2 aromatic rings. The van der Waals surface area contributed by atoms with Gasteiger partial charge in [-0.3, -0.25) is 0 Å². The number of methoxy groups -OCH3 is 3. The number of carbonyl (C=O) groups is 1. The molecular formula is C17H15Cl2NO5. The molecule has 0 aliphatic heterocycles. The summed E-state index contributed by atoms with van der Waals surface area (Å²) in [6.45, 7) is 0. The Bertz CT molecular complexity index is 783. The van der Waals surface area contributed by atoms with Crippen molar-refractivity contribution in [3.63, 3.8) is 0 Å². The van der Waals surface area contributed by atoms with E-state index >= 15 is 0 Å². The Hall–Kier alpha value is -2.44. The van der Waals surface area contributed by atoms with Crippen LogP contribution in [0.1, 0.15) is 15.9 Å². The fourth-order valence-corrected chi connectivity index (χ4v) is 2.28. The Morgan fingerprint density at radius 3 is 2.12 bits per heavy atom. The lowest BCUT2D eigenvalue weighted by Crippen LogP contribution is -2.01. The Morgan fingerprint density at radius 1 is 0.960 bits per heavy atom. The van der Waals surface area contributed by atoms with Crippen molar-refractivity contribution in [2.75, 3.05) is 21.3 Å². The first-order valence-corrected chi connectivity index (χ1v) is 7.75. The van der Waals surface area contributed by atoms with E-state index in [2.05, 4.69) is 5.16 Å². The number of oxime groups is 1. The monoisotopic (exact) mass is 383 g/mol. The number of benzene rings is 2. The van der Waals surface area contributed by atoms with E-state index in [-0.39, 0.29) is 10.6 Å². The predicted molar refractivity (Wildman–Crippen MR) is 95.6 cm³/mol. The molecule has 0 fully saturated rings. The molecule has 8 heteroatoms. The largest absolute Gasteiger partial charge is 0.493 e. The predicted octanol–water partition coefficient (Wildman–Crippen LogP) is 4.21. The lowest BCUT2D eigenvalue weighted by Gasteiger charge is -2.12. The third-order valence-electron chi connectivity index (χ3n) is 3.18. The van der Waals surface area contributed by atoms with Crippen LogP contribution in [0.15, 0.2) is 35.5 Å². The normalized spacial score (nSPS) is 10.6. The third-order valence-corrected chi connectivity index (χ3v) is 3.92. The minimum absolute atomic E-state index is 0.233. The number of halogens is 2. The molecule has 2 aromatic carbocycles. The van der Waals surface area contributed by atoms with Crippen LogP contribution in [0.3, 0.4) is 0 Å². The van der Waals surface area contributed by atoms with Crippen molar-refractivity contribution in [3.05, 3.63) is 51.5 Å². The van der Waals surface area contributed by atoms with Gasteiger partial charge >= 0.3 is 5.97 Å². The summed E-state index contributed by atoms with van der Waals surface area (Å²) in [6, 6.07) is 7.73. The van der Waals surface area contributed by atoms with Gasteiger partial charge in [0.1, 0.15) is 0 Å². The maximum absolute atomic E-state index is 11.9. The number of hydrogen-bond donors (Lipinski definition) is 0. The van der Waals surface area contributed by atoms with Crippen molar-refractivity contribution in [1.29, 1.82) is 0 Å². The van der Waals surface area contributed by atoms with E-state index in [0.717, 1.165) is 0 Å². The van der Waals surface area contributed by atoms with Crippen molar-refractivity contribution in [2.45, 2.75) is 0 Å². The van der Waals surface area contributed by atoms with Gasteiger partial charge in [-0.2, -0.15) is 0 Å². The fraction of sp³-hybridized carbons (Fsp3) is 0.176. The highest BCUT2D eigenvalue weighted by Crippen LogP contribution is 2.37. The molecule has 0 aromatic heterocycles. The van der Waals surface area contributed by atoms with Gasteiger partial charge in [-0.05, 0) is 30.3 Å². The molecule has 0 saturated heterocycles. The second-order valence-electron chi connectivity index (χ2n) is 4.70. The molecule has 0 aliphatic rings. The molecule has 0 unspecified atom stereocenters. The van der Waals surface area contributed by atoms with Crippen LogP contribution in [0.2, 0.25) is 10.0 Å². The lowest BCUT2D eigenvalue weighted by atomic mass is 10.2. The van der Waals surface area contributed by atoms with Gasteiger partial charge in [0.05, 0.1) is 43.2 Å². The van der Waals surface area contributed by atoms with Crippen molar-refractivity contribution >= 4 is 35.4 Å². The van der Waals surface area contributed by atoms with E-state index in [1.165, 1.54) is 45.7 Å². The van der Waals surface area contributed by atoms with Gasteiger partial charge in [0.2, 0.25) is 5.75 Å². The number of carbonyl (C=O) groups excluding carboxylic acids is 1. The highest BCUT2D eigenvalue weighted by atomic mass is 35.5. The first-order chi connectivity index (χ1) is 12.0. The van der Waals surface area contributed by atoms with E-state index in [1.807, 2.05) is 0 Å². The van der Waals surface area contributed by atoms with Gasteiger partial charge in [-0.15, -0.1) is 0 Å². The summed E-state index contributed by atoms with van der Waals surface area (Å²) in [7, 11) is 4.51. The third kappa shape index (κ3) is 4.55. The molecule has 0 aliphatic carbocycles. The van der Waals surface area contributed by atoms with E-state index in [0.29, 0.717) is 27.8 Å². The first-order valence-electron chi connectivity index (χ1n) is 7.00. The highest BCUT2D eigenvalue weighted by molar-refractivity contribution is 6.42. The Labute approximate surface area is 154 Å². The van der Waals surface area contributed by atoms with Gasteiger partial charge in [0, 0.05) is 5.56 Å². The molecule has 25 heavy (non-hydrogen) atoms. The topological polar surface area (TPSA) is 66.4 Å². The van der Waals surface area contributed by atoms with Gasteiger partial charge in [0.15, 0.2) is 11.5 Å². The number of rotatable bonds is 6. The minimum Gasteiger partial charge on any atom is -0.493 e. The van der Waals surface area contributed by atoms with Crippen molar-refractivity contribution in [1.82, 2.24) is 0 Å². The van der Waals surface area contributed by atoms with Gasteiger partial charge in [-0.25, -0.2) is 4.79 Å². The summed E-state index contributed by atoms with van der Waals surface area (Å²) in [5, 5.41) is 4.27. The maximum Gasteiger partial charge on any atom is 0.365 e. The number of ether oxygens (including phenoxy) is 3. The molecule has 6 nitrogen and oxygen atoms in total. The summed E-state index contributed by atoms with van der Waals surface area (Å²) in [6.07, 6.45) is 1.35. The van der Waals surface area contributed by atoms with Crippen LogP contribution in [0.5, 0.6) is 17.2 Å². The standard InChI is InChI=1S/C17H15Cl2NO5/c1-22-14-6-10(7-15(23-2)16(14)24-3)9-20-25-17(21)11-4-5-12(18)13(19)8-11/h4-9H,1-3H3/b20-9+. The van der Waals surface area contributed by atoms with E-state index in [4.69, 9.17) is 42.3 Å². The molecule has 0 spiro atoms. The Kier molecular flexibility index (Phi) is 6.50. The van der Waals surface area contributed by atoms with Crippen LogP contribution in [0.25, 0.3) is 0 Å². The van der Waals surface area contributed by atoms with Crippen LogP contribution in [-0.2, 0) is 4.84 Å². The van der Waals surface area contributed by atoms with Gasteiger partial charge < -0.3 is 19.0 Å². The van der Waals surface area contributed by atoms with E-state index < -0.39 is 5.97 Å². The zero-order valence-corrected chi connectivity index (χ0v) is 15.2. The van der Waals surface area contributed by atoms with Crippen LogP contribution >= 0.6 is 23.2 Å². The van der Waals surface area contributed by atoms with Crippen molar-refractivity contribution in [2.24, 2.45) is 5.16 Å². The summed E-state index contributed by atoms with van der Waals surface area (Å²) < 4.78 is 15.7. The molecule has 0 bridgehead atoms. The van der Waals surface area contributed by atoms with Crippen LogP contribution in [-0.4, -0.2) is 33.5 Å². The SMILES string of the molecule is COc1cc(/C=N/OC(=O)c2ccc(Cl)c(Cl)c2)cc(OC)c1OC. The summed E-state index contributed by atoms with van der Waals surface area (Å²) in [4.78, 5) is 16.8.